The van der Waals surface area contributed by atoms with Gasteiger partial charge in [0.2, 0.25) is 0 Å². The van der Waals surface area contributed by atoms with Crippen molar-refractivity contribution >= 4 is 11.8 Å². The van der Waals surface area contributed by atoms with Crippen LogP contribution >= 0.6 is 0 Å². The van der Waals surface area contributed by atoms with Crippen molar-refractivity contribution in [3.8, 4) is 45.0 Å². The maximum atomic E-state index is 13.0. The van der Waals surface area contributed by atoms with Gasteiger partial charge in [0.1, 0.15) is 17.0 Å². The first-order valence-corrected chi connectivity index (χ1v) is 11.6. The topological polar surface area (TPSA) is 101 Å². The Morgan fingerprint density at radius 3 is 1.67 bits per heavy atom. The molecule has 0 fully saturated rings. The average Bonchev–Trinajstić information content (AvgIpc) is 3.59. The molecule has 0 aliphatic rings. The molecule has 3 aromatic carbocycles. The van der Waals surface area contributed by atoms with Crippen molar-refractivity contribution in [1.29, 1.82) is 0 Å². The lowest BCUT2D eigenvalue weighted by atomic mass is 9.95. The highest BCUT2D eigenvalue weighted by Crippen LogP contribution is 2.35. The number of aromatic nitrogens is 4. The fourth-order valence-corrected chi connectivity index (χ4v) is 4.29. The number of ether oxygens (including phenoxy) is 1. The Kier molecular flexibility index (Phi) is 6.28. The maximum Gasteiger partial charge on any atom is 0.342 e. The van der Waals surface area contributed by atoms with Gasteiger partial charge in [0.05, 0.1) is 24.1 Å². The minimum absolute atomic E-state index is 0.00982. The number of rotatable bonds is 7. The number of ketones is 1. The van der Waals surface area contributed by atoms with Crippen molar-refractivity contribution < 1.29 is 14.3 Å². The molecule has 2 N–H and O–H groups in total. The van der Waals surface area contributed by atoms with Crippen molar-refractivity contribution in [3.63, 3.8) is 0 Å². The van der Waals surface area contributed by atoms with E-state index in [0.29, 0.717) is 45.9 Å². The summed E-state index contributed by atoms with van der Waals surface area (Å²) in [4.78, 5) is 25.8. The summed E-state index contributed by atoms with van der Waals surface area (Å²) in [6.07, 6.45) is 0.346. The molecular formula is C29H24N4O3. The molecule has 0 aliphatic heterocycles. The van der Waals surface area contributed by atoms with Crippen molar-refractivity contribution in [3.05, 3.63) is 96.1 Å². The number of hydrogen-bond donors (Lipinski definition) is 2. The van der Waals surface area contributed by atoms with Gasteiger partial charge < -0.3 is 4.74 Å². The van der Waals surface area contributed by atoms with E-state index in [1.54, 1.807) is 0 Å². The molecule has 0 saturated carbocycles. The molecule has 178 valence electrons. The molecule has 36 heavy (non-hydrogen) atoms. The van der Waals surface area contributed by atoms with Crippen LogP contribution in [-0.4, -0.2) is 39.3 Å². The fourth-order valence-electron chi connectivity index (χ4n) is 4.29. The van der Waals surface area contributed by atoms with E-state index in [-0.39, 0.29) is 5.78 Å². The zero-order chi connectivity index (χ0) is 25.1. The van der Waals surface area contributed by atoms with E-state index >= 15 is 0 Å². The van der Waals surface area contributed by atoms with Crippen LogP contribution in [0.1, 0.15) is 34.1 Å². The second kappa shape index (κ2) is 9.84. The molecule has 5 aromatic rings. The Hall–Kier alpha value is -4.78. The largest absolute Gasteiger partial charge is 0.465 e. The van der Waals surface area contributed by atoms with Crippen molar-refractivity contribution in [1.82, 2.24) is 20.4 Å². The van der Waals surface area contributed by atoms with Gasteiger partial charge in [-0.05, 0) is 6.07 Å². The zero-order valence-electron chi connectivity index (χ0n) is 19.9. The van der Waals surface area contributed by atoms with E-state index in [4.69, 9.17) is 4.74 Å². The van der Waals surface area contributed by atoms with Crippen LogP contribution in [0.4, 0.5) is 0 Å². The lowest BCUT2D eigenvalue weighted by Gasteiger charge is -2.07. The van der Waals surface area contributed by atoms with Crippen molar-refractivity contribution in [2.24, 2.45) is 0 Å². The van der Waals surface area contributed by atoms with E-state index < -0.39 is 5.97 Å². The van der Waals surface area contributed by atoms with E-state index in [9.17, 15) is 9.59 Å². The van der Waals surface area contributed by atoms with Crippen LogP contribution in [-0.2, 0) is 4.74 Å². The molecule has 2 heterocycles. The summed E-state index contributed by atoms with van der Waals surface area (Å²) < 4.78 is 5.09. The first kappa shape index (κ1) is 23.0. The predicted octanol–water partition coefficient (Wildman–Crippen LogP) is 6.18. The number of nitrogens with one attached hydrogen (secondary N) is 2. The van der Waals surface area contributed by atoms with Gasteiger partial charge >= 0.3 is 5.97 Å². The Morgan fingerprint density at radius 2 is 1.17 bits per heavy atom. The predicted molar refractivity (Wildman–Crippen MR) is 138 cm³/mol. The normalized spacial score (nSPS) is 10.8. The lowest BCUT2D eigenvalue weighted by Crippen LogP contribution is -2.04. The zero-order valence-corrected chi connectivity index (χ0v) is 19.9. The van der Waals surface area contributed by atoms with E-state index in [0.717, 1.165) is 16.7 Å². The van der Waals surface area contributed by atoms with Gasteiger partial charge in [-0.25, -0.2) is 4.79 Å². The van der Waals surface area contributed by atoms with Gasteiger partial charge in [0.25, 0.3) is 0 Å². The lowest BCUT2D eigenvalue weighted by molar-refractivity contribution is 0.0602. The number of esters is 1. The number of methoxy groups -OCH3 is 1. The minimum Gasteiger partial charge on any atom is -0.465 e. The summed E-state index contributed by atoms with van der Waals surface area (Å²) in [6, 6.07) is 26.7. The highest BCUT2D eigenvalue weighted by Gasteiger charge is 2.25. The third kappa shape index (κ3) is 4.11. The summed E-state index contributed by atoms with van der Waals surface area (Å²) in [6.45, 7) is 1.84. The summed E-state index contributed by atoms with van der Waals surface area (Å²) in [5.74, 6) is -0.500. The standard InChI is InChI=1S/C29H24N4O3/c1-3-22(34)23-25(18-11-6-4-7-12-18)30-32-27(23)20-15-10-16-21(17-20)28-24(29(35)36-2)26(31-33-28)19-13-8-5-9-14-19/h4-17H,3H2,1-2H3,(H,30,32)(H,31,33). The van der Waals surface area contributed by atoms with Gasteiger partial charge in [-0.1, -0.05) is 85.8 Å². The number of hydrogen-bond acceptors (Lipinski definition) is 5. The molecule has 7 heteroatoms. The fraction of sp³-hybridized carbons (Fsp3) is 0.103. The first-order valence-electron chi connectivity index (χ1n) is 11.6. The Morgan fingerprint density at radius 1 is 0.694 bits per heavy atom. The van der Waals surface area contributed by atoms with Crippen LogP contribution in [0.2, 0.25) is 0 Å². The second-order valence-corrected chi connectivity index (χ2v) is 8.23. The number of carbonyl (C=O) groups is 2. The van der Waals surface area contributed by atoms with Crippen LogP contribution in [0.3, 0.4) is 0 Å². The highest BCUT2D eigenvalue weighted by atomic mass is 16.5. The monoisotopic (exact) mass is 476 g/mol. The summed E-state index contributed by atoms with van der Waals surface area (Å²) in [5.41, 5.74) is 6.32. The maximum absolute atomic E-state index is 13.0. The average molecular weight is 477 g/mol. The van der Waals surface area contributed by atoms with Gasteiger partial charge in [-0.15, -0.1) is 0 Å². The molecule has 7 nitrogen and oxygen atoms in total. The molecule has 0 radical (unpaired) electrons. The Balaban J connectivity index is 1.64. The van der Waals surface area contributed by atoms with Gasteiger partial charge in [0, 0.05) is 28.7 Å². The number of benzene rings is 3. The smallest absolute Gasteiger partial charge is 0.342 e. The quantitative estimate of drug-likeness (QED) is 0.216. The molecule has 2 aromatic heterocycles. The minimum atomic E-state index is -0.490. The van der Waals surface area contributed by atoms with Crippen molar-refractivity contribution in [2.75, 3.05) is 7.11 Å². The van der Waals surface area contributed by atoms with Crippen LogP contribution in [0.25, 0.3) is 45.0 Å². The molecule has 0 spiro atoms. The number of aromatic amines is 2. The Labute approximate surface area is 208 Å². The molecule has 0 aliphatic carbocycles. The molecule has 5 rings (SSSR count). The molecule has 0 amide bonds. The van der Waals surface area contributed by atoms with Crippen LogP contribution < -0.4 is 0 Å². The molecule has 0 saturated heterocycles. The van der Waals surface area contributed by atoms with Crippen LogP contribution in [0, 0.1) is 0 Å². The third-order valence-corrected chi connectivity index (χ3v) is 6.06. The summed E-state index contributed by atoms with van der Waals surface area (Å²) >= 11 is 0. The number of Topliss-reactive ketones (excluding diaryl/α,β-unsaturated/α-hetero) is 1. The van der Waals surface area contributed by atoms with E-state index in [1.165, 1.54) is 7.11 Å². The summed E-state index contributed by atoms with van der Waals surface area (Å²) in [7, 11) is 1.35. The number of carbonyl (C=O) groups excluding carboxylic acids is 2. The van der Waals surface area contributed by atoms with Gasteiger partial charge in [0.15, 0.2) is 5.78 Å². The van der Waals surface area contributed by atoms with E-state index in [2.05, 4.69) is 20.4 Å². The highest BCUT2D eigenvalue weighted by molar-refractivity contribution is 6.07. The molecule has 0 atom stereocenters. The second-order valence-electron chi connectivity index (χ2n) is 8.23. The van der Waals surface area contributed by atoms with Gasteiger partial charge in [-0.3, -0.25) is 15.0 Å². The number of H-pyrrole nitrogens is 2. The van der Waals surface area contributed by atoms with Crippen LogP contribution in [0.5, 0.6) is 0 Å². The molecular weight excluding hydrogens is 452 g/mol. The SMILES string of the molecule is CCC(=O)c1c(-c2cccc(-c3n[nH]c(-c4ccccc4)c3C(=O)OC)c2)n[nH]c1-c1ccccc1. The Bertz CT molecular complexity index is 1420. The van der Waals surface area contributed by atoms with Crippen molar-refractivity contribution in [2.45, 2.75) is 13.3 Å². The van der Waals surface area contributed by atoms with Crippen LogP contribution in [0.15, 0.2) is 84.9 Å². The third-order valence-electron chi connectivity index (χ3n) is 6.06. The van der Waals surface area contributed by atoms with Gasteiger partial charge in [-0.2, -0.15) is 10.2 Å². The molecule has 0 bridgehead atoms. The van der Waals surface area contributed by atoms with E-state index in [1.807, 2.05) is 91.9 Å². The molecule has 0 unspecified atom stereocenters. The first-order chi connectivity index (χ1) is 17.6. The summed E-state index contributed by atoms with van der Waals surface area (Å²) in [5, 5.41) is 15.1. The number of nitrogens with zero attached hydrogens (tertiary/aromatic N) is 2.